The Balaban J connectivity index is 1.98. The van der Waals surface area contributed by atoms with Gasteiger partial charge in [-0.05, 0) is 37.3 Å². The first-order chi connectivity index (χ1) is 13.0. The van der Waals surface area contributed by atoms with Gasteiger partial charge in [-0.1, -0.05) is 26.0 Å². The number of nitrogens with one attached hydrogen (secondary N) is 1. The van der Waals surface area contributed by atoms with Crippen molar-refractivity contribution in [2.24, 2.45) is 11.8 Å². The molecule has 2 rings (SSSR count). The number of rotatable bonds is 5. The molecule has 0 bridgehead atoms. The second-order valence-corrected chi connectivity index (χ2v) is 7.86. The Kier molecular flexibility index (Phi) is 7.09. The fraction of sp³-hybridized carbons (Fsp3) is 0.600. The average molecular weight is 399 g/mol. The van der Waals surface area contributed by atoms with Crippen LogP contribution in [0.3, 0.4) is 0 Å². The third kappa shape index (κ3) is 5.70. The van der Waals surface area contributed by atoms with Crippen molar-refractivity contribution in [1.29, 1.82) is 0 Å². The molecule has 3 unspecified atom stereocenters. The summed E-state index contributed by atoms with van der Waals surface area (Å²) in [5, 5.41) is 2.27. The lowest BCUT2D eigenvalue weighted by Crippen LogP contribution is -2.51. The first-order valence-corrected chi connectivity index (χ1v) is 9.44. The number of anilines is 1. The molecule has 5 nitrogen and oxygen atoms in total. The smallest absolute Gasteiger partial charge is 0.335 e. The molecule has 1 saturated heterocycles. The quantitative estimate of drug-likeness (QED) is 0.825. The minimum absolute atomic E-state index is 0.222. The van der Waals surface area contributed by atoms with Gasteiger partial charge in [-0.25, -0.2) is 0 Å². The number of piperidine rings is 1. The van der Waals surface area contributed by atoms with E-state index in [1.165, 1.54) is 30.1 Å². The summed E-state index contributed by atoms with van der Waals surface area (Å²) in [6.45, 7) is 7.42. The monoisotopic (exact) mass is 399 g/mol. The molecule has 1 heterocycles. The van der Waals surface area contributed by atoms with E-state index in [0.717, 1.165) is 25.6 Å². The van der Waals surface area contributed by atoms with Crippen LogP contribution in [0, 0.1) is 11.8 Å². The Morgan fingerprint density at radius 1 is 1.21 bits per heavy atom. The fourth-order valence-corrected chi connectivity index (χ4v) is 3.82. The highest BCUT2D eigenvalue weighted by molar-refractivity contribution is 5.95. The minimum Gasteiger partial charge on any atom is -0.335 e. The highest BCUT2D eigenvalue weighted by Crippen LogP contribution is 2.34. The second-order valence-electron chi connectivity index (χ2n) is 7.86. The number of hydrogen-bond acceptors (Lipinski definition) is 3. The molecule has 0 aliphatic carbocycles. The molecule has 28 heavy (non-hydrogen) atoms. The summed E-state index contributed by atoms with van der Waals surface area (Å²) in [6, 6.07) is 4.40. The minimum atomic E-state index is -4.57. The van der Waals surface area contributed by atoms with E-state index in [2.05, 4.69) is 24.1 Å². The molecule has 3 atom stereocenters. The first-order valence-electron chi connectivity index (χ1n) is 9.44. The van der Waals surface area contributed by atoms with E-state index >= 15 is 0 Å². The number of benzene rings is 1. The van der Waals surface area contributed by atoms with Crippen LogP contribution in [-0.4, -0.2) is 54.3 Å². The van der Waals surface area contributed by atoms with Crippen LogP contribution in [-0.2, 0) is 15.8 Å². The summed E-state index contributed by atoms with van der Waals surface area (Å²) in [6.07, 6.45) is -3.45. The van der Waals surface area contributed by atoms with Gasteiger partial charge in [0, 0.05) is 20.1 Å². The summed E-state index contributed by atoms with van der Waals surface area (Å²) in [4.78, 5) is 28.3. The standard InChI is InChI=1S/C20H28F3N3O2/c1-13-9-14(2)11-26(10-13)15(3)19(28)25(4)12-18(27)24-17-8-6-5-7-16(17)20(21,22)23/h5-8,13-15H,9-12H2,1-4H3,(H,24,27). The van der Waals surface area contributed by atoms with Crippen LogP contribution in [0.4, 0.5) is 18.9 Å². The molecule has 1 aromatic rings. The van der Waals surface area contributed by atoms with Crippen LogP contribution in [0.25, 0.3) is 0 Å². The number of halogens is 3. The highest BCUT2D eigenvalue weighted by atomic mass is 19.4. The molecule has 1 fully saturated rings. The van der Waals surface area contributed by atoms with Gasteiger partial charge in [-0.15, -0.1) is 0 Å². The maximum atomic E-state index is 13.0. The molecule has 0 radical (unpaired) electrons. The SMILES string of the molecule is CC1CC(C)CN(C(C)C(=O)N(C)CC(=O)Nc2ccccc2C(F)(F)F)C1. The number of para-hydroxylation sites is 1. The van der Waals surface area contributed by atoms with Gasteiger partial charge in [0.1, 0.15) is 0 Å². The van der Waals surface area contributed by atoms with E-state index in [-0.39, 0.29) is 24.2 Å². The van der Waals surface area contributed by atoms with Crippen LogP contribution in [0.1, 0.15) is 32.8 Å². The summed E-state index contributed by atoms with van der Waals surface area (Å²) in [5.41, 5.74) is -1.23. The summed E-state index contributed by atoms with van der Waals surface area (Å²) < 4.78 is 39.1. The van der Waals surface area contributed by atoms with Gasteiger partial charge in [0.15, 0.2) is 0 Å². The topological polar surface area (TPSA) is 52.7 Å². The average Bonchev–Trinajstić information content (AvgIpc) is 2.59. The van der Waals surface area contributed by atoms with Crippen LogP contribution in [0.2, 0.25) is 0 Å². The fourth-order valence-electron chi connectivity index (χ4n) is 3.82. The molecule has 0 saturated carbocycles. The predicted octanol–water partition coefficient (Wildman–Crippen LogP) is 3.47. The number of amides is 2. The molecule has 1 aliphatic heterocycles. The number of carbonyl (C=O) groups excluding carboxylic acids is 2. The van der Waals surface area contributed by atoms with Gasteiger partial charge < -0.3 is 10.2 Å². The van der Waals surface area contributed by atoms with Crippen LogP contribution in [0.5, 0.6) is 0 Å². The zero-order valence-corrected chi connectivity index (χ0v) is 16.7. The predicted molar refractivity (Wildman–Crippen MR) is 102 cm³/mol. The Morgan fingerprint density at radius 2 is 1.79 bits per heavy atom. The molecular formula is C20H28F3N3O2. The first kappa shape index (κ1) is 22.2. The molecule has 0 aromatic heterocycles. The zero-order chi connectivity index (χ0) is 21.1. The Labute approximate surface area is 163 Å². The lowest BCUT2D eigenvalue weighted by molar-refractivity contribution is -0.139. The number of likely N-dealkylation sites (tertiary alicyclic amines) is 1. The zero-order valence-electron chi connectivity index (χ0n) is 16.7. The van der Waals surface area contributed by atoms with Crippen molar-refractivity contribution >= 4 is 17.5 Å². The molecule has 156 valence electrons. The van der Waals surface area contributed by atoms with Crippen LogP contribution in [0.15, 0.2) is 24.3 Å². The van der Waals surface area contributed by atoms with Crippen molar-refractivity contribution in [2.75, 3.05) is 32.0 Å². The molecule has 0 spiro atoms. The molecular weight excluding hydrogens is 371 g/mol. The molecule has 1 N–H and O–H groups in total. The van der Waals surface area contributed by atoms with E-state index in [1.807, 2.05) is 0 Å². The number of nitrogens with zero attached hydrogens (tertiary/aromatic N) is 2. The van der Waals surface area contributed by atoms with Crippen molar-refractivity contribution in [3.63, 3.8) is 0 Å². The lowest BCUT2D eigenvalue weighted by Gasteiger charge is -2.39. The van der Waals surface area contributed by atoms with E-state index in [1.54, 1.807) is 6.92 Å². The van der Waals surface area contributed by atoms with Gasteiger partial charge in [0.05, 0.1) is 23.8 Å². The van der Waals surface area contributed by atoms with Gasteiger partial charge >= 0.3 is 6.18 Å². The van der Waals surface area contributed by atoms with E-state index < -0.39 is 17.6 Å². The normalized spacial score (nSPS) is 21.8. The van der Waals surface area contributed by atoms with Crippen molar-refractivity contribution < 1.29 is 22.8 Å². The van der Waals surface area contributed by atoms with Gasteiger partial charge in [0.25, 0.3) is 0 Å². The Hall–Kier alpha value is -2.09. The number of likely N-dealkylation sites (N-methyl/N-ethyl adjacent to an activating group) is 1. The highest BCUT2D eigenvalue weighted by Gasteiger charge is 2.34. The maximum absolute atomic E-state index is 13.0. The van der Waals surface area contributed by atoms with E-state index in [9.17, 15) is 22.8 Å². The second kappa shape index (κ2) is 8.94. The van der Waals surface area contributed by atoms with E-state index in [4.69, 9.17) is 0 Å². The number of hydrogen-bond donors (Lipinski definition) is 1. The van der Waals surface area contributed by atoms with Crippen molar-refractivity contribution in [3.8, 4) is 0 Å². The summed E-state index contributed by atoms with van der Waals surface area (Å²) in [7, 11) is 1.49. The lowest BCUT2D eigenvalue weighted by atomic mass is 9.91. The summed E-state index contributed by atoms with van der Waals surface area (Å²) in [5.74, 6) is 0.0960. The molecule has 8 heteroatoms. The number of carbonyl (C=O) groups is 2. The number of alkyl halides is 3. The largest absolute Gasteiger partial charge is 0.418 e. The van der Waals surface area contributed by atoms with Gasteiger partial charge in [0.2, 0.25) is 11.8 Å². The van der Waals surface area contributed by atoms with Crippen molar-refractivity contribution in [3.05, 3.63) is 29.8 Å². The van der Waals surface area contributed by atoms with E-state index in [0.29, 0.717) is 11.8 Å². The van der Waals surface area contributed by atoms with Gasteiger partial charge in [-0.3, -0.25) is 14.5 Å². The van der Waals surface area contributed by atoms with Gasteiger partial charge in [-0.2, -0.15) is 13.2 Å². The van der Waals surface area contributed by atoms with Crippen molar-refractivity contribution in [1.82, 2.24) is 9.80 Å². The summed E-state index contributed by atoms with van der Waals surface area (Å²) >= 11 is 0. The molecule has 1 aliphatic rings. The van der Waals surface area contributed by atoms with Crippen LogP contribution >= 0.6 is 0 Å². The maximum Gasteiger partial charge on any atom is 0.418 e. The van der Waals surface area contributed by atoms with Crippen LogP contribution < -0.4 is 5.32 Å². The Bertz CT molecular complexity index is 698. The molecule has 1 aromatic carbocycles. The third-order valence-electron chi connectivity index (χ3n) is 5.07. The Morgan fingerprint density at radius 3 is 2.36 bits per heavy atom. The third-order valence-corrected chi connectivity index (χ3v) is 5.07. The molecule has 2 amide bonds. The van der Waals surface area contributed by atoms with Crippen molar-refractivity contribution in [2.45, 2.75) is 39.4 Å².